The number of aliphatic hydroxyl groups excluding tert-OH is 1. The van der Waals surface area contributed by atoms with Crippen molar-refractivity contribution in [2.24, 2.45) is 5.92 Å². The fourth-order valence-corrected chi connectivity index (χ4v) is 3.02. The molecule has 1 saturated heterocycles. The first-order valence-corrected chi connectivity index (χ1v) is 7.74. The highest BCUT2D eigenvalue weighted by Crippen LogP contribution is 2.43. The number of fused-ring (bicyclic) bond motifs is 1. The van der Waals surface area contributed by atoms with Crippen LogP contribution in [0.15, 0.2) is 30.4 Å². The molecule has 2 aliphatic rings. The number of anilines is 2. The molecule has 0 aliphatic carbocycles. The van der Waals surface area contributed by atoms with Gasteiger partial charge in [-0.25, -0.2) is 0 Å². The van der Waals surface area contributed by atoms with Gasteiger partial charge in [-0.05, 0) is 24.6 Å². The quantitative estimate of drug-likeness (QED) is 0.561. The SMILES string of the molecule is C[C@@H](/C=C/CCO)[C@]1(O)C(=O)Nc2ccc(N3CCC3=O)cc21. The number of benzene rings is 1. The van der Waals surface area contributed by atoms with Crippen molar-refractivity contribution in [1.82, 2.24) is 0 Å². The molecule has 0 aromatic heterocycles. The van der Waals surface area contributed by atoms with E-state index in [1.165, 1.54) is 0 Å². The van der Waals surface area contributed by atoms with Gasteiger partial charge < -0.3 is 20.4 Å². The van der Waals surface area contributed by atoms with Crippen molar-refractivity contribution < 1.29 is 19.8 Å². The maximum Gasteiger partial charge on any atom is 0.261 e. The minimum Gasteiger partial charge on any atom is -0.396 e. The molecule has 0 unspecified atom stereocenters. The average molecular weight is 316 g/mol. The van der Waals surface area contributed by atoms with Gasteiger partial charge in [0.1, 0.15) is 0 Å². The van der Waals surface area contributed by atoms with Crippen LogP contribution in [0.2, 0.25) is 0 Å². The topological polar surface area (TPSA) is 89.9 Å². The van der Waals surface area contributed by atoms with Crippen LogP contribution in [0.4, 0.5) is 11.4 Å². The summed E-state index contributed by atoms with van der Waals surface area (Å²) in [5.41, 5.74) is 0.0736. The summed E-state index contributed by atoms with van der Waals surface area (Å²) in [5, 5.41) is 22.6. The minimum absolute atomic E-state index is 0.0195. The third kappa shape index (κ3) is 2.44. The van der Waals surface area contributed by atoms with Crippen LogP contribution in [0.25, 0.3) is 0 Å². The van der Waals surface area contributed by atoms with E-state index in [1.54, 1.807) is 42.2 Å². The Morgan fingerprint density at radius 3 is 2.83 bits per heavy atom. The van der Waals surface area contributed by atoms with Crippen molar-refractivity contribution in [1.29, 1.82) is 0 Å². The van der Waals surface area contributed by atoms with Gasteiger partial charge in [0.05, 0.1) is 0 Å². The molecule has 2 heterocycles. The fraction of sp³-hybridized carbons (Fsp3) is 0.412. The largest absolute Gasteiger partial charge is 0.396 e. The summed E-state index contributed by atoms with van der Waals surface area (Å²) in [7, 11) is 0. The Balaban J connectivity index is 1.96. The average Bonchev–Trinajstić information content (AvgIpc) is 2.78. The van der Waals surface area contributed by atoms with Crippen LogP contribution >= 0.6 is 0 Å². The summed E-state index contributed by atoms with van der Waals surface area (Å²) in [6.07, 6.45) is 4.47. The molecule has 2 amide bonds. The highest BCUT2D eigenvalue weighted by Gasteiger charge is 2.49. The van der Waals surface area contributed by atoms with Crippen molar-refractivity contribution in [3.05, 3.63) is 35.9 Å². The van der Waals surface area contributed by atoms with E-state index >= 15 is 0 Å². The molecular formula is C17H20N2O4. The molecule has 1 fully saturated rings. The number of rotatable bonds is 5. The molecule has 3 rings (SSSR count). The van der Waals surface area contributed by atoms with Crippen molar-refractivity contribution in [3.8, 4) is 0 Å². The summed E-state index contributed by atoms with van der Waals surface area (Å²) < 4.78 is 0. The predicted molar refractivity (Wildman–Crippen MR) is 85.9 cm³/mol. The Morgan fingerprint density at radius 1 is 1.43 bits per heavy atom. The molecule has 2 aliphatic heterocycles. The Hall–Kier alpha value is -2.18. The molecule has 0 radical (unpaired) electrons. The second kappa shape index (κ2) is 5.79. The lowest BCUT2D eigenvalue weighted by Gasteiger charge is -2.32. The van der Waals surface area contributed by atoms with Crippen molar-refractivity contribution in [2.75, 3.05) is 23.4 Å². The lowest BCUT2D eigenvalue weighted by atomic mass is 9.82. The van der Waals surface area contributed by atoms with Gasteiger partial charge in [0.2, 0.25) is 5.91 Å². The molecule has 0 spiro atoms. The number of aliphatic hydroxyl groups is 2. The number of hydrogen-bond donors (Lipinski definition) is 3. The van der Waals surface area contributed by atoms with Gasteiger partial charge in [0.25, 0.3) is 5.91 Å². The Labute approximate surface area is 134 Å². The minimum atomic E-state index is -1.68. The van der Waals surface area contributed by atoms with Crippen LogP contribution in [-0.4, -0.2) is 35.2 Å². The Kier molecular flexibility index (Phi) is 3.95. The molecule has 6 nitrogen and oxygen atoms in total. The van der Waals surface area contributed by atoms with Crippen molar-refractivity contribution >= 4 is 23.2 Å². The maximum atomic E-state index is 12.3. The summed E-state index contributed by atoms with van der Waals surface area (Å²) in [6, 6.07) is 5.20. The Bertz CT molecular complexity index is 685. The molecule has 6 heteroatoms. The predicted octanol–water partition coefficient (Wildman–Crippen LogP) is 1.14. The highest BCUT2D eigenvalue weighted by atomic mass is 16.3. The van der Waals surface area contributed by atoms with E-state index in [2.05, 4.69) is 5.32 Å². The molecule has 122 valence electrons. The summed E-state index contributed by atoms with van der Waals surface area (Å²) >= 11 is 0. The van der Waals surface area contributed by atoms with Crippen LogP contribution in [0, 0.1) is 5.92 Å². The van der Waals surface area contributed by atoms with Crippen LogP contribution in [0.3, 0.4) is 0 Å². The molecule has 0 bridgehead atoms. The van der Waals surface area contributed by atoms with Crippen molar-refractivity contribution in [3.63, 3.8) is 0 Å². The number of hydrogen-bond acceptors (Lipinski definition) is 4. The monoisotopic (exact) mass is 316 g/mol. The zero-order valence-corrected chi connectivity index (χ0v) is 13.0. The fourth-order valence-electron chi connectivity index (χ4n) is 3.02. The molecule has 0 saturated carbocycles. The number of carbonyl (C=O) groups excluding carboxylic acids is 2. The van der Waals surface area contributed by atoms with E-state index in [0.717, 1.165) is 0 Å². The number of nitrogens with one attached hydrogen (secondary N) is 1. The van der Waals surface area contributed by atoms with E-state index in [1.807, 2.05) is 0 Å². The number of β-lactam (4-membered cyclic amide) rings is 1. The van der Waals surface area contributed by atoms with Crippen LogP contribution < -0.4 is 10.2 Å². The first-order chi connectivity index (χ1) is 11.0. The number of amides is 2. The van der Waals surface area contributed by atoms with E-state index in [0.29, 0.717) is 36.3 Å². The smallest absolute Gasteiger partial charge is 0.261 e. The second-order valence-electron chi connectivity index (χ2n) is 5.97. The van der Waals surface area contributed by atoms with Gasteiger partial charge >= 0.3 is 0 Å². The first-order valence-electron chi connectivity index (χ1n) is 7.74. The zero-order chi connectivity index (χ0) is 16.6. The van der Waals surface area contributed by atoms with Gasteiger partial charge in [-0.1, -0.05) is 19.1 Å². The van der Waals surface area contributed by atoms with Gasteiger partial charge in [0.15, 0.2) is 5.60 Å². The van der Waals surface area contributed by atoms with E-state index in [-0.39, 0.29) is 12.5 Å². The molecule has 23 heavy (non-hydrogen) atoms. The molecule has 2 atom stereocenters. The van der Waals surface area contributed by atoms with Gasteiger partial charge in [-0.2, -0.15) is 0 Å². The van der Waals surface area contributed by atoms with E-state index in [4.69, 9.17) is 5.11 Å². The number of nitrogens with zero attached hydrogens (tertiary/aromatic N) is 1. The third-order valence-electron chi connectivity index (χ3n) is 4.55. The lowest BCUT2D eigenvalue weighted by Crippen LogP contribution is -2.44. The highest BCUT2D eigenvalue weighted by molar-refractivity contribution is 6.06. The Morgan fingerprint density at radius 2 is 2.22 bits per heavy atom. The molecular weight excluding hydrogens is 296 g/mol. The summed E-state index contributed by atoms with van der Waals surface area (Å²) in [4.78, 5) is 25.6. The van der Waals surface area contributed by atoms with Crippen molar-refractivity contribution in [2.45, 2.75) is 25.4 Å². The summed E-state index contributed by atoms with van der Waals surface area (Å²) in [6.45, 7) is 2.43. The van der Waals surface area contributed by atoms with E-state index < -0.39 is 17.4 Å². The van der Waals surface area contributed by atoms with Crippen LogP contribution in [0.1, 0.15) is 25.3 Å². The standard InChI is InChI=1S/C17H20N2O4/c1-11(4-2-3-9-20)17(23)13-10-12(19-8-7-15(19)21)5-6-14(13)18-16(17)22/h2,4-6,10-11,20,23H,3,7-9H2,1H3,(H,18,22)/b4-2+/t11-,17+/m0/s1. The van der Waals surface area contributed by atoms with E-state index in [9.17, 15) is 14.7 Å². The number of carbonyl (C=O) groups is 2. The molecule has 1 aromatic rings. The van der Waals surface area contributed by atoms with Gasteiger partial charge in [0, 0.05) is 42.4 Å². The third-order valence-corrected chi connectivity index (χ3v) is 4.55. The maximum absolute atomic E-state index is 12.3. The van der Waals surface area contributed by atoms with Gasteiger partial charge in [-0.3, -0.25) is 9.59 Å². The second-order valence-corrected chi connectivity index (χ2v) is 5.97. The molecule has 3 N–H and O–H groups in total. The van der Waals surface area contributed by atoms with Crippen LogP contribution in [-0.2, 0) is 15.2 Å². The van der Waals surface area contributed by atoms with Gasteiger partial charge in [-0.15, -0.1) is 0 Å². The summed E-state index contributed by atoms with van der Waals surface area (Å²) in [5.74, 6) is -0.889. The lowest BCUT2D eigenvalue weighted by molar-refractivity contribution is -0.137. The molecule has 1 aromatic carbocycles. The van der Waals surface area contributed by atoms with Crippen LogP contribution in [0.5, 0.6) is 0 Å². The normalized spacial score (nSPS) is 24.6. The first kappa shape index (κ1) is 15.7. The zero-order valence-electron chi connectivity index (χ0n) is 13.0.